The lowest BCUT2D eigenvalue weighted by Crippen LogP contribution is -2.34. The van der Waals surface area contributed by atoms with Crippen molar-refractivity contribution in [3.63, 3.8) is 0 Å². The highest BCUT2D eigenvalue weighted by molar-refractivity contribution is 9.10. The summed E-state index contributed by atoms with van der Waals surface area (Å²) in [7, 11) is 0. The number of terminal acetylenes is 1. The molecule has 1 rings (SSSR count). The first-order valence-electron chi connectivity index (χ1n) is 5.93. The van der Waals surface area contributed by atoms with Gasteiger partial charge in [-0.15, -0.1) is 6.42 Å². The fourth-order valence-corrected chi connectivity index (χ4v) is 2.03. The molecule has 1 unspecified atom stereocenters. The van der Waals surface area contributed by atoms with E-state index < -0.39 is 29.3 Å². The smallest absolute Gasteiger partial charge is 0.338 e. The minimum Gasteiger partial charge on any atom is -0.338 e. The lowest BCUT2D eigenvalue weighted by molar-refractivity contribution is -0.138. The van der Waals surface area contributed by atoms with Gasteiger partial charge >= 0.3 is 6.18 Å². The van der Waals surface area contributed by atoms with E-state index in [-0.39, 0.29) is 4.47 Å². The maximum Gasteiger partial charge on any atom is 0.417 e. The normalized spacial score (nSPS) is 12.6. The minimum absolute atomic E-state index is 0.253. The molecular weight excluding hydrogens is 335 g/mol. The molecule has 1 amide bonds. The summed E-state index contributed by atoms with van der Waals surface area (Å²) in [5, 5.41) is 2.43. The number of benzene rings is 1. The highest BCUT2D eigenvalue weighted by Gasteiger charge is 2.35. The summed E-state index contributed by atoms with van der Waals surface area (Å²) >= 11 is 2.96. The van der Waals surface area contributed by atoms with Crippen molar-refractivity contribution < 1.29 is 18.0 Å². The summed E-state index contributed by atoms with van der Waals surface area (Å²) in [6, 6.07) is 2.81. The molecule has 1 atom stereocenters. The van der Waals surface area contributed by atoms with Gasteiger partial charge in [0.2, 0.25) is 0 Å². The third kappa shape index (κ3) is 4.27. The van der Waals surface area contributed by atoms with Gasteiger partial charge in [-0.1, -0.05) is 35.2 Å². The molecule has 1 N–H and O–H groups in total. The van der Waals surface area contributed by atoms with E-state index in [0.29, 0.717) is 6.42 Å². The van der Waals surface area contributed by atoms with Crippen molar-refractivity contribution in [2.75, 3.05) is 0 Å². The Kier molecular flexibility index (Phi) is 5.63. The Morgan fingerprint density at radius 2 is 2.15 bits per heavy atom. The van der Waals surface area contributed by atoms with E-state index in [0.717, 1.165) is 18.6 Å². The molecule has 0 saturated carbocycles. The zero-order chi connectivity index (χ0) is 15.3. The molecule has 0 aromatic heterocycles. The number of halogens is 4. The molecule has 6 heteroatoms. The zero-order valence-electron chi connectivity index (χ0n) is 10.7. The average molecular weight is 348 g/mol. The molecule has 1 aromatic rings. The fourth-order valence-electron chi connectivity index (χ4n) is 1.67. The third-order valence-electron chi connectivity index (χ3n) is 2.62. The van der Waals surface area contributed by atoms with Crippen LogP contribution in [0.15, 0.2) is 22.7 Å². The van der Waals surface area contributed by atoms with Gasteiger partial charge in [-0.05, 0) is 24.6 Å². The number of amides is 1. The Hall–Kier alpha value is -1.48. The van der Waals surface area contributed by atoms with Crippen LogP contribution in [-0.2, 0) is 6.18 Å². The van der Waals surface area contributed by atoms with Gasteiger partial charge in [-0.25, -0.2) is 0 Å². The second-order valence-corrected chi connectivity index (χ2v) is 5.08. The Morgan fingerprint density at radius 3 is 2.65 bits per heavy atom. The Bertz CT molecular complexity index is 534. The molecular formula is C14H13BrF3NO. The number of nitrogens with one attached hydrogen (secondary N) is 1. The van der Waals surface area contributed by atoms with Crippen molar-refractivity contribution in [2.24, 2.45) is 0 Å². The second-order valence-electron chi connectivity index (χ2n) is 4.17. The van der Waals surface area contributed by atoms with Crippen LogP contribution in [0.3, 0.4) is 0 Å². The predicted molar refractivity (Wildman–Crippen MR) is 74.1 cm³/mol. The van der Waals surface area contributed by atoms with Gasteiger partial charge in [-0.3, -0.25) is 4.79 Å². The molecule has 108 valence electrons. The number of rotatable bonds is 4. The molecule has 0 saturated heterocycles. The lowest BCUT2D eigenvalue weighted by Gasteiger charge is -2.16. The van der Waals surface area contributed by atoms with Gasteiger partial charge in [0.15, 0.2) is 0 Å². The van der Waals surface area contributed by atoms with Crippen molar-refractivity contribution in [3.05, 3.63) is 33.8 Å². The fraction of sp³-hybridized carbons (Fsp3) is 0.357. The largest absolute Gasteiger partial charge is 0.417 e. The first-order chi connectivity index (χ1) is 9.29. The molecule has 0 aliphatic heterocycles. The number of alkyl halides is 3. The molecule has 0 bridgehead atoms. The van der Waals surface area contributed by atoms with Crippen LogP contribution in [0.2, 0.25) is 0 Å². The van der Waals surface area contributed by atoms with Crippen molar-refractivity contribution >= 4 is 21.8 Å². The standard InChI is InChI=1S/C14H13BrF3NO/c1-3-5-10(4-2)19-13(20)11-7-6-9(15)8-12(11)14(16,17)18/h2,6-8,10H,3,5H2,1H3,(H,19,20). The van der Waals surface area contributed by atoms with E-state index in [9.17, 15) is 18.0 Å². The van der Waals surface area contributed by atoms with Gasteiger partial charge in [0.1, 0.15) is 0 Å². The Balaban J connectivity index is 3.08. The van der Waals surface area contributed by atoms with Crippen LogP contribution < -0.4 is 5.32 Å². The van der Waals surface area contributed by atoms with E-state index in [4.69, 9.17) is 6.42 Å². The summed E-state index contributed by atoms with van der Waals surface area (Å²) in [6.07, 6.45) is 1.87. The average Bonchev–Trinajstić information content (AvgIpc) is 2.36. The zero-order valence-corrected chi connectivity index (χ0v) is 12.3. The topological polar surface area (TPSA) is 29.1 Å². The van der Waals surface area contributed by atoms with Crippen molar-refractivity contribution in [3.8, 4) is 12.3 Å². The molecule has 0 aliphatic rings. The van der Waals surface area contributed by atoms with Crippen molar-refractivity contribution in [2.45, 2.75) is 32.0 Å². The molecule has 0 aliphatic carbocycles. The molecule has 2 nitrogen and oxygen atoms in total. The van der Waals surface area contributed by atoms with Crippen LogP contribution in [0, 0.1) is 12.3 Å². The van der Waals surface area contributed by atoms with Crippen LogP contribution in [0.25, 0.3) is 0 Å². The Morgan fingerprint density at radius 1 is 1.50 bits per heavy atom. The predicted octanol–water partition coefficient (Wildman–Crippen LogP) is 4.00. The summed E-state index contributed by atoms with van der Waals surface area (Å²) < 4.78 is 39.0. The quantitative estimate of drug-likeness (QED) is 0.819. The van der Waals surface area contributed by atoms with Crippen molar-refractivity contribution in [1.82, 2.24) is 5.32 Å². The van der Waals surface area contributed by atoms with E-state index in [1.807, 2.05) is 6.92 Å². The summed E-state index contributed by atoms with van der Waals surface area (Å²) in [4.78, 5) is 11.9. The van der Waals surface area contributed by atoms with E-state index >= 15 is 0 Å². The highest BCUT2D eigenvalue weighted by atomic mass is 79.9. The monoisotopic (exact) mass is 347 g/mol. The molecule has 0 fully saturated rings. The molecule has 0 heterocycles. The number of carbonyl (C=O) groups is 1. The molecule has 20 heavy (non-hydrogen) atoms. The van der Waals surface area contributed by atoms with E-state index in [1.54, 1.807) is 0 Å². The Labute approximate surface area is 123 Å². The highest BCUT2D eigenvalue weighted by Crippen LogP contribution is 2.33. The first-order valence-corrected chi connectivity index (χ1v) is 6.72. The van der Waals surface area contributed by atoms with Gasteiger partial charge in [-0.2, -0.15) is 13.2 Å². The van der Waals surface area contributed by atoms with Crippen LogP contribution >= 0.6 is 15.9 Å². The van der Waals surface area contributed by atoms with Crippen LogP contribution in [0.1, 0.15) is 35.7 Å². The maximum atomic E-state index is 12.9. The lowest BCUT2D eigenvalue weighted by atomic mass is 10.1. The molecule has 0 radical (unpaired) electrons. The van der Waals surface area contributed by atoms with E-state index in [2.05, 4.69) is 27.2 Å². The third-order valence-corrected chi connectivity index (χ3v) is 3.11. The second kappa shape index (κ2) is 6.80. The number of hydrogen-bond donors (Lipinski definition) is 1. The minimum atomic E-state index is -4.60. The van der Waals surface area contributed by atoms with Crippen LogP contribution in [0.4, 0.5) is 13.2 Å². The van der Waals surface area contributed by atoms with Crippen molar-refractivity contribution in [1.29, 1.82) is 0 Å². The maximum absolute atomic E-state index is 12.9. The van der Waals surface area contributed by atoms with Crippen LogP contribution in [0.5, 0.6) is 0 Å². The van der Waals surface area contributed by atoms with Gasteiger partial charge in [0.05, 0.1) is 17.2 Å². The van der Waals surface area contributed by atoms with Gasteiger partial charge in [0.25, 0.3) is 5.91 Å². The molecule has 1 aromatic carbocycles. The summed E-state index contributed by atoms with van der Waals surface area (Å²) in [5.74, 6) is 1.53. The molecule has 0 spiro atoms. The van der Waals surface area contributed by atoms with Crippen LogP contribution in [-0.4, -0.2) is 11.9 Å². The first kappa shape index (κ1) is 16.6. The van der Waals surface area contributed by atoms with E-state index in [1.165, 1.54) is 6.07 Å². The number of hydrogen-bond acceptors (Lipinski definition) is 1. The van der Waals surface area contributed by atoms with Gasteiger partial charge < -0.3 is 5.32 Å². The number of carbonyl (C=O) groups excluding carboxylic acids is 1. The summed E-state index contributed by atoms with van der Waals surface area (Å²) in [5.41, 5.74) is -1.42. The summed E-state index contributed by atoms with van der Waals surface area (Å²) in [6.45, 7) is 1.87. The SMILES string of the molecule is C#CC(CCC)NC(=O)c1ccc(Br)cc1C(F)(F)F. The van der Waals surface area contributed by atoms with Gasteiger partial charge in [0, 0.05) is 4.47 Å².